The molecule has 5 heterocycles. The normalized spacial score (nSPS) is 31.6. The van der Waals surface area contributed by atoms with E-state index in [0.717, 1.165) is 17.7 Å². The van der Waals surface area contributed by atoms with E-state index in [-0.39, 0.29) is 44.1 Å². The summed E-state index contributed by atoms with van der Waals surface area (Å²) in [4.78, 5) is 77.1. The number of nitrogens with zero attached hydrogens (tertiary/aromatic N) is 2. The standard InChI is InChI=1S/C16H20N4O6S.C11H17NO5/c1-8-11(19-15(25)26-8)13(22)20-4-2-3-16(20,14(23)24)12(21)10(17)5-9-6-27-7-18-9;1-6-3-4-8(12-6)10(13)15-5-9-7(2)16-11(14)17-9/h6-8,10-11H,2-5,17H2,1H3,(H,19,25)(H,23,24);6-9,12H,3-5H2,1-2H3/t8?,10-,11?,16+;6?,7?,8-,9?/m00/s1. The number of alkyl carbamates (subject to hydrolysis) is 1. The van der Waals surface area contributed by atoms with Crippen molar-refractivity contribution in [1.29, 1.82) is 0 Å². The van der Waals surface area contributed by atoms with Gasteiger partial charge in [-0.3, -0.25) is 14.4 Å². The van der Waals surface area contributed by atoms with Crippen LogP contribution in [-0.4, -0.2) is 112 Å². The Morgan fingerprint density at radius 2 is 1.93 bits per heavy atom. The van der Waals surface area contributed by atoms with Crippen LogP contribution in [0.15, 0.2) is 10.9 Å². The fourth-order valence-electron chi connectivity index (χ4n) is 5.63. The van der Waals surface area contributed by atoms with Crippen molar-refractivity contribution in [2.45, 2.75) is 101 Å². The van der Waals surface area contributed by atoms with Crippen molar-refractivity contribution in [3.05, 3.63) is 16.6 Å². The topological polar surface area (TPSA) is 226 Å². The van der Waals surface area contributed by atoms with Gasteiger partial charge in [-0.15, -0.1) is 11.3 Å². The van der Waals surface area contributed by atoms with Crippen LogP contribution >= 0.6 is 11.3 Å². The predicted molar refractivity (Wildman–Crippen MR) is 150 cm³/mol. The Bertz CT molecular complexity index is 1260. The van der Waals surface area contributed by atoms with E-state index >= 15 is 0 Å². The van der Waals surface area contributed by atoms with E-state index in [0.29, 0.717) is 18.2 Å². The first-order valence-corrected chi connectivity index (χ1v) is 15.3. The molecule has 0 spiro atoms. The van der Waals surface area contributed by atoms with Gasteiger partial charge in [0.05, 0.1) is 17.2 Å². The van der Waals surface area contributed by atoms with E-state index in [9.17, 15) is 33.9 Å². The molecule has 4 aliphatic heterocycles. The number of cyclic esters (lactones) is 3. The largest absolute Gasteiger partial charge is 0.509 e. The molecule has 242 valence electrons. The van der Waals surface area contributed by atoms with Crippen LogP contribution in [0, 0.1) is 0 Å². The van der Waals surface area contributed by atoms with Crippen molar-refractivity contribution in [3.63, 3.8) is 0 Å². The number of ketones is 1. The van der Waals surface area contributed by atoms with Gasteiger partial charge in [-0.2, -0.15) is 0 Å². The molecule has 17 heteroatoms. The quantitative estimate of drug-likeness (QED) is 0.160. The van der Waals surface area contributed by atoms with Crippen LogP contribution < -0.4 is 16.4 Å². The summed E-state index contributed by atoms with van der Waals surface area (Å²) in [6.07, 6.45) is -0.949. The lowest BCUT2D eigenvalue weighted by atomic mass is 9.85. The molecule has 5 unspecified atom stereocenters. The van der Waals surface area contributed by atoms with Crippen molar-refractivity contribution in [1.82, 2.24) is 20.5 Å². The zero-order chi connectivity index (χ0) is 32.2. The van der Waals surface area contributed by atoms with E-state index in [1.54, 1.807) is 17.8 Å². The third-order valence-electron chi connectivity index (χ3n) is 8.06. The number of hydrogen-bond donors (Lipinski definition) is 4. The highest BCUT2D eigenvalue weighted by Gasteiger charge is 2.58. The number of esters is 1. The van der Waals surface area contributed by atoms with Gasteiger partial charge >= 0.3 is 24.2 Å². The van der Waals surface area contributed by atoms with Crippen LogP contribution in [0.3, 0.4) is 0 Å². The van der Waals surface area contributed by atoms with Crippen LogP contribution in [0.1, 0.15) is 52.1 Å². The molecule has 4 saturated heterocycles. The molecule has 16 nitrogen and oxygen atoms in total. The number of likely N-dealkylation sites (tertiary alicyclic amines) is 1. The summed E-state index contributed by atoms with van der Waals surface area (Å²) in [6.45, 7) is 5.40. The second-order valence-corrected chi connectivity index (χ2v) is 11.9. The maximum Gasteiger partial charge on any atom is 0.509 e. The van der Waals surface area contributed by atoms with Gasteiger partial charge in [0.2, 0.25) is 11.4 Å². The highest BCUT2D eigenvalue weighted by molar-refractivity contribution is 7.07. The zero-order valence-electron chi connectivity index (χ0n) is 24.6. The van der Waals surface area contributed by atoms with Crippen molar-refractivity contribution >= 4 is 47.2 Å². The first-order chi connectivity index (χ1) is 20.8. The Morgan fingerprint density at radius 1 is 1.18 bits per heavy atom. The van der Waals surface area contributed by atoms with Gasteiger partial charge in [-0.1, -0.05) is 0 Å². The fourth-order valence-corrected chi connectivity index (χ4v) is 6.20. The van der Waals surface area contributed by atoms with Crippen LogP contribution in [-0.2, 0) is 44.5 Å². The summed E-state index contributed by atoms with van der Waals surface area (Å²) < 4.78 is 19.6. The predicted octanol–water partition coefficient (Wildman–Crippen LogP) is 0.119. The van der Waals surface area contributed by atoms with Crippen LogP contribution in [0.25, 0.3) is 0 Å². The Hall–Kier alpha value is -3.83. The van der Waals surface area contributed by atoms with E-state index in [2.05, 4.69) is 15.6 Å². The van der Waals surface area contributed by atoms with Gasteiger partial charge in [-0.05, 0) is 46.5 Å². The van der Waals surface area contributed by atoms with Crippen LogP contribution in [0.5, 0.6) is 0 Å². The number of carbonyl (C=O) groups is 6. The van der Waals surface area contributed by atoms with E-state index in [1.165, 1.54) is 18.3 Å². The van der Waals surface area contributed by atoms with Gasteiger partial charge in [0, 0.05) is 24.4 Å². The molecule has 1 aromatic heterocycles. The maximum atomic E-state index is 13.1. The average Bonchev–Trinajstić information content (AvgIpc) is 3.80. The SMILES string of the molecule is CC1CC[C@@H](C(=O)OCC2OC(=O)OC2C)N1.CC1OC(=O)NC1C(=O)N1CCC[C@]1(C(=O)O)C(=O)[C@@H](N)Cc1cscn1. The first kappa shape index (κ1) is 33.1. The lowest BCUT2D eigenvalue weighted by molar-refractivity contribution is -0.163. The summed E-state index contributed by atoms with van der Waals surface area (Å²) in [5, 5.41) is 17.1. The number of rotatable bonds is 9. The third-order valence-corrected chi connectivity index (χ3v) is 8.70. The second-order valence-electron chi connectivity index (χ2n) is 11.2. The van der Waals surface area contributed by atoms with E-state index < -0.39 is 59.7 Å². The number of aromatic nitrogens is 1. The molecule has 4 aliphatic rings. The molecule has 8 atom stereocenters. The zero-order valence-corrected chi connectivity index (χ0v) is 25.4. The minimum atomic E-state index is -2.06. The van der Waals surface area contributed by atoms with Crippen molar-refractivity contribution in [2.24, 2.45) is 5.73 Å². The Labute approximate surface area is 256 Å². The minimum absolute atomic E-state index is 0.0342. The van der Waals surface area contributed by atoms with Gasteiger partial charge in [0.1, 0.15) is 30.9 Å². The van der Waals surface area contributed by atoms with Gasteiger partial charge in [0.25, 0.3) is 0 Å². The number of aliphatic carboxylic acids is 1. The fraction of sp³-hybridized carbons (Fsp3) is 0.667. The van der Waals surface area contributed by atoms with Crippen molar-refractivity contribution in [3.8, 4) is 0 Å². The summed E-state index contributed by atoms with van der Waals surface area (Å²) >= 11 is 1.34. The summed E-state index contributed by atoms with van der Waals surface area (Å²) in [7, 11) is 0. The molecule has 0 saturated carbocycles. The molecule has 5 N–H and O–H groups in total. The first-order valence-electron chi connectivity index (χ1n) is 14.3. The number of carbonyl (C=O) groups excluding carboxylic acids is 5. The number of amides is 2. The molecule has 0 bridgehead atoms. The smallest absolute Gasteiger partial charge is 0.479 e. The highest BCUT2D eigenvalue weighted by atomic mass is 32.1. The highest BCUT2D eigenvalue weighted by Crippen LogP contribution is 2.34. The molecule has 0 aliphatic carbocycles. The molecule has 0 radical (unpaired) electrons. The lowest BCUT2D eigenvalue weighted by Crippen LogP contribution is -2.65. The average molecular weight is 640 g/mol. The van der Waals surface area contributed by atoms with E-state index in [4.69, 9.17) is 24.7 Å². The minimum Gasteiger partial charge on any atom is -0.479 e. The molecular formula is C27H37N5O11S. The molecule has 0 aromatic carbocycles. The van der Waals surface area contributed by atoms with Crippen molar-refractivity contribution < 1.29 is 52.8 Å². The Kier molecular flexibility index (Phi) is 10.4. The molecule has 1 aromatic rings. The number of Topliss-reactive ketones (excluding diaryl/α,β-unsaturated/α-hetero) is 1. The van der Waals surface area contributed by atoms with Gasteiger partial charge in [0.15, 0.2) is 11.9 Å². The number of nitrogens with one attached hydrogen (secondary N) is 2. The number of thiazole rings is 1. The lowest BCUT2D eigenvalue weighted by Gasteiger charge is -2.36. The number of carboxylic acids is 1. The Morgan fingerprint density at radius 3 is 2.48 bits per heavy atom. The third kappa shape index (κ3) is 7.10. The summed E-state index contributed by atoms with van der Waals surface area (Å²) in [5.41, 5.74) is 6.12. The molecule has 5 rings (SSSR count). The van der Waals surface area contributed by atoms with E-state index in [1.807, 2.05) is 6.92 Å². The summed E-state index contributed by atoms with van der Waals surface area (Å²) in [6, 6.07) is -2.06. The number of hydrogen-bond acceptors (Lipinski definition) is 14. The molecule has 2 amide bonds. The van der Waals surface area contributed by atoms with Gasteiger partial charge in [-0.25, -0.2) is 19.4 Å². The van der Waals surface area contributed by atoms with Gasteiger partial charge < -0.3 is 45.3 Å². The molecular weight excluding hydrogens is 602 g/mol. The monoisotopic (exact) mass is 639 g/mol. The maximum absolute atomic E-state index is 13.1. The second kappa shape index (κ2) is 13.9. The molecule has 4 fully saturated rings. The number of ether oxygens (including phenoxy) is 4. The number of carboxylic acid groups (broad SMARTS) is 1. The Balaban J connectivity index is 0.000000223. The number of nitrogens with two attached hydrogens (primary N) is 1. The van der Waals surface area contributed by atoms with Crippen molar-refractivity contribution in [2.75, 3.05) is 13.2 Å². The summed E-state index contributed by atoms with van der Waals surface area (Å²) in [5.74, 6) is -3.12. The molecule has 44 heavy (non-hydrogen) atoms. The van der Waals surface area contributed by atoms with Crippen LogP contribution in [0.4, 0.5) is 9.59 Å². The van der Waals surface area contributed by atoms with Crippen LogP contribution in [0.2, 0.25) is 0 Å².